The van der Waals surface area contributed by atoms with Crippen LogP contribution >= 0.6 is 22.9 Å². The van der Waals surface area contributed by atoms with Gasteiger partial charge in [-0.2, -0.15) is 13.2 Å². The maximum atomic E-state index is 13.5. The van der Waals surface area contributed by atoms with Crippen LogP contribution in [0.5, 0.6) is 0 Å². The standard InChI is InChI=1S/C23H12ClF5S/c24-19-7-6-17(23(27,28)29)11-18(19)16-10-22(30-12-16)14-3-1-13(2-4-14)15-5-8-20(25)21(26)9-15/h1-12H. The van der Waals surface area contributed by atoms with Crippen molar-refractivity contribution in [3.05, 3.63) is 94.3 Å². The normalized spacial score (nSPS) is 11.7. The SMILES string of the molecule is Fc1ccc(-c2ccc(-c3cc(-c4cc(C(F)(F)F)ccc4Cl)cs3)cc2)cc1F. The lowest BCUT2D eigenvalue weighted by Crippen LogP contribution is -2.04. The van der Waals surface area contributed by atoms with Crippen molar-refractivity contribution in [3.8, 4) is 32.7 Å². The fourth-order valence-electron chi connectivity index (χ4n) is 3.05. The summed E-state index contributed by atoms with van der Waals surface area (Å²) < 4.78 is 65.6. The van der Waals surface area contributed by atoms with E-state index in [4.69, 9.17) is 11.6 Å². The van der Waals surface area contributed by atoms with E-state index < -0.39 is 23.4 Å². The Morgan fingerprint density at radius 1 is 0.667 bits per heavy atom. The molecule has 0 unspecified atom stereocenters. The van der Waals surface area contributed by atoms with Crippen molar-refractivity contribution in [2.75, 3.05) is 0 Å². The summed E-state index contributed by atoms with van der Waals surface area (Å²) in [4.78, 5) is 0.843. The fraction of sp³-hybridized carbons (Fsp3) is 0.0435. The highest BCUT2D eigenvalue weighted by Gasteiger charge is 2.31. The summed E-state index contributed by atoms with van der Waals surface area (Å²) in [7, 11) is 0. The van der Waals surface area contributed by atoms with Gasteiger partial charge in [0, 0.05) is 15.5 Å². The van der Waals surface area contributed by atoms with Crippen molar-refractivity contribution >= 4 is 22.9 Å². The maximum absolute atomic E-state index is 13.5. The summed E-state index contributed by atoms with van der Waals surface area (Å²) in [5.74, 6) is -1.83. The summed E-state index contributed by atoms with van der Waals surface area (Å²) in [5, 5.41) is 1.99. The van der Waals surface area contributed by atoms with Crippen molar-refractivity contribution in [2.45, 2.75) is 6.18 Å². The Hall–Kier alpha value is -2.70. The zero-order valence-electron chi connectivity index (χ0n) is 15.1. The number of halogens is 6. The van der Waals surface area contributed by atoms with E-state index >= 15 is 0 Å². The molecule has 0 spiro atoms. The molecule has 0 N–H and O–H groups in total. The van der Waals surface area contributed by atoms with Crippen molar-refractivity contribution in [2.24, 2.45) is 0 Å². The second-order valence-electron chi connectivity index (χ2n) is 6.60. The maximum Gasteiger partial charge on any atom is 0.416 e. The molecule has 0 amide bonds. The van der Waals surface area contributed by atoms with Crippen LogP contribution in [0.25, 0.3) is 32.7 Å². The fourth-order valence-corrected chi connectivity index (χ4v) is 4.20. The van der Waals surface area contributed by atoms with E-state index in [-0.39, 0.29) is 5.02 Å². The van der Waals surface area contributed by atoms with E-state index in [0.717, 1.165) is 40.3 Å². The van der Waals surface area contributed by atoms with Gasteiger partial charge in [-0.25, -0.2) is 8.78 Å². The molecule has 0 bridgehead atoms. The van der Waals surface area contributed by atoms with E-state index in [1.54, 1.807) is 23.6 Å². The van der Waals surface area contributed by atoms with Crippen LogP contribution in [-0.2, 0) is 6.18 Å². The predicted molar refractivity (Wildman–Crippen MR) is 111 cm³/mol. The largest absolute Gasteiger partial charge is 0.416 e. The number of thiophene rings is 1. The molecule has 0 radical (unpaired) electrons. The first kappa shape index (κ1) is 20.6. The van der Waals surface area contributed by atoms with Gasteiger partial charge >= 0.3 is 6.18 Å². The molecule has 0 fully saturated rings. The molecule has 152 valence electrons. The van der Waals surface area contributed by atoms with E-state index in [1.807, 2.05) is 12.1 Å². The zero-order valence-corrected chi connectivity index (χ0v) is 16.7. The third-order valence-electron chi connectivity index (χ3n) is 4.63. The molecule has 0 saturated heterocycles. The van der Waals surface area contributed by atoms with Crippen molar-refractivity contribution < 1.29 is 22.0 Å². The number of hydrogen-bond acceptors (Lipinski definition) is 1. The molecule has 4 rings (SSSR count). The van der Waals surface area contributed by atoms with Gasteiger partial charge in [0.15, 0.2) is 11.6 Å². The van der Waals surface area contributed by atoms with Gasteiger partial charge < -0.3 is 0 Å². The molecular weight excluding hydrogens is 439 g/mol. The minimum absolute atomic E-state index is 0.237. The van der Waals surface area contributed by atoms with Gasteiger partial charge in [0.05, 0.1) is 5.56 Å². The molecule has 1 heterocycles. The van der Waals surface area contributed by atoms with Crippen LogP contribution in [0.2, 0.25) is 5.02 Å². The highest BCUT2D eigenvalue weighted by atomic mass is 35.5. The van der Waals surface area contributed by atoms with E-state index in [2.05, 4.69) is 0 Å². The van der Waals surface area contributed by atoms with Crippen molar-refractivity contribution in [1.82, 2.24) is 0 Å². The van der Waals surface area contributed by atoms with Gasteiger partial charge in [-0.15, -0.1) is 11.3 Å². The van der Waals surface area contributed by atoms with Crippen LogP contribution in [0.4, 0.5) is 22.0 Å². The lowest BCUT2D eigenvalue weighted by Gasteiger charge is -2.09. The minimum atomic E-state index is -4.45. The summed E-state index contributed by atoms with van der Waals surface area (Å²) in [6, 6.07) is 15.9. The molecule has 4 aromatic rings. The third kappa shape index (κ3) is 4.11. The van der Waals surface area contributed by atoms with Crippen LogP contribution in [0.1, 0.15) is 5.56 Å². The Labute approximate surface area is 178 Å². The Bertz CT molecular complexity index is 1210. The molecule has 7 heteroatoms. The average Bonchev–Trinajstić information content (AvgIpc) is 3.19. The number of benzene rings is 3. The first-order valence-electron chi connectivity index (χ1n) is 8.74. The molecule has 3 aromatic carbocycles. The van der Waals surface area contributed by atoms with Crippen LogP contribution in [-0.4, -0.2) is 0 Å². The number of hydrogen-bond donors (Lipinski definition) is 0. The molecule has 0 nitrogen and oxygen atoms in total. The average molecular weight is 451 g/mol. The summed E-state index contributed by atoms with van der Waals surface area (Å²) in [6.07, 6.45) is -4.45. The molecule has 0 aliphatic carbocycles. The quantitative estimate of drug-likeness (QED) is 0.274. The number of rotatable bonds is 3. The zero-order chi connectivity index (χ0) is 21.5. The lowest BCUT2D eigenvalue weighted by molar-refractivity contribution is -0.137. The Kier molecular flexibility index (Phi) is 5.38. The van der Waals surface area contributed by atoms with Crippen LogP contribution in [0.15, 0.2) is 72.1 Å². The monoisotopic (exact) mass is 450 g/mol. The summed E-state index contributed by atoms with van der Waals surface area (Å²) in [5.41, 5.74) is 2.26. The molecule has 1 aromatic heterocycles. The van der Waals surface area contributed by atoms with Crippen molar-refractivity contribution in [3.63, 3.8) is 0 Å². The topological polar surface area (TPSA) is 0 Å². The first-order valence-corrected chi connectivity index (χ1v) is 9.99. The van der Waals surface area contributed by atoms with Crippen LogP contribution in [0, 0.1) is 11.6 Å². The van der Waals surface area contributed by atoms with Crippen molar-refractivity contribution in [1.29, 1.82) is 0 Å². The van der Waals surface area contributed by atoms with Gasteiger partial charge in [0.1, 0.15) is 0 Å². The third-order valence-corrected chi connectivity index (χ3v) is 5.94. The smallest absolute Gasteiger partial charge is 0.204 e. The van der Waals surface area contributed by atoms with Gasteiger partial charge in [0.25, 0.3) is 0 Å². The Balaban J connectivity index is 1.64. The molecule has 0 aliphatic heterocycles. The van der Waals surface area contributed by atoms with E-state index in [1.165, 1.54) is 23.5 Å². The molecule has 30 heavy (non-hydrogen) atoms. The molecular formula is C23H12ClF5S. The van der Waals surface area contributed by atoms with Gasteiger partial charge in [-0.05, 0) is 64.0 Å². The summed E-state index contributed by atoms with van der Waals surface area (Å²) in [6.45, 7) is 0. The van der Waals surface area contributed by atoms with Crippen LogP contribution in [0.3, 0.4) is 0 Å². The lowest BCUT2D eigenvalue weighted by atomic mass is 10.0. The minimum Gasteiger partial charge on any atom is -0.204 e. The molecule has 0 aliphatic rings. The Morgan fingerprint density at radius 3 is 2.00 bits per heavy atom. The van der Waals surface area contributed by atoms with E-state index in [0.29, 0.717) is 16.7 Å². The van der Waals surface area contributed by atoms with Crippen LogP contribution < -0.4 is 0 Å². The van der Waals surface area contributed by atoms with Gasteiger partial charge in [0.2, 0.25) is 0 Å². The highest BCUT2D eigenvalue weighted by molar-refractivity contribution is 7.14. The van der Waals surface area contributed by atoms with Gasteiger partial charge in [-0.3, -0.25) is 0 Å². The Morgan fingerprint density at radius 2 is 1.33 bits per heavy atom. The highest BCUT2D eigenvalue weighted by Crippen LogP contribution is 2.39. The van der Waals surface area contributed by atoms with Gasteiger partial charge in [-0.1, -0.05) is 41.9 Å². The second-order valence-corrected chi connectivity index (χ2v) is 7.92. The molecule has 0 atom stereocenters. The first-order chi connectivity index (χ1) is 14.2. The number of alkyl halides is 3. The molecule has 0 saturated carbocycles. The predicted octanol–water partition coefficient (Wildman–Crippen LogP) is 8.70. The van der Waals surface area contributed by atoms with E-state index in [9.17, 15) is 22.0 Å². The second kappa shape index (κ2) is 7.85. The summed E-state index contributed by atoms with van der Waals surface area (Å²) >= 11 is 7.50.